The van der Waals surface area contributed by atoms with Gasteiger partial charge in [0, 0.05) is 12.7 Å². The summed E-state index contributed by atoms with van der Waals surface area (Å²) in [6, 6.07) is 6.03. The highest BCUT2D eigenvalue weighted by molar-refractivity contribution is 5.48. The van der Waals surface area contributed by atoms with Gasteiger partial charge in [0.2, 0.25) is 5.88 Å². The fourth-order valence-corrected chi connectivity index (χ4v) is 1.45. The number of hydrogen-bond acceptors (Lipinski definition) is 6. The molecule has 98 valence electrons. The molecule has 0 radical (unpaired) electrons. The van der Waals surface area contributed by atoms with Crippen LogP contribution in [0.2, 0.25) is 0 Å². The van der Waals surface area contributed by atoms with Crippen LogP contribution in [0, 0.1) is 10.1 Å². The number of rotatable bonds is 5. The zero-order chi connectivity index (χ0) is 13.7. The van der Waals surface area contributed by atoms with E-state index in [-0.39, 0.29) is 11.6 Å². The summed E-state index contributed by atoms with van der Waals surface area (Å²) < 4.78 is 5.44. The standard InChI is InChI=1S/C12H12N4O3/c1-2-14-11-6-9(16(17)18)7-12(15-11)19-10-4-3-5-13-8-10/h3-8H,2H2,1H3,(H,14,15). The summed E-state index contributed by atoms with van der Waals surface area (Å²) in [6.07, 6.45) is 3.12. The van der Waals surface area contributed by atoms with Crippen molar-refractivity contribution in [3.05, 3.63) is 46.8 Å². The number of hydrogen-bond donors (Lipinski definition) is 1. The van der Waals surface area contributed by atoms with Crippen molar-refractivity contribution in [1.29, 1.82) is 0 Å². The quantitative estimate of drug-likeness (QED) is 0.656. The van der Waals surface area contributed by atoms with E-state index in [4.69, 9.17) is 4.74 Å². The molecule has 0 unspecified atom stereocenters. The van der Waals surface area contributed by atoms with E-state index in [0.717, 1.165) is 0 Å². The Kier molecular flexibility index (Phi) is 3.87. The lowest BCUT2D eigenvalue weighted by Gasteiger charge is -2.07. The summed E-state index contributed by atoms with van der Waals surface area (Å²) in [5.74, 6) is 1.02. The second kappa shape index (κ2) is 5.76. The van der Waals surface area contributed by atoms with Gasteiger partial charge in [0.25, 0.3) is 5.69 Å². The Bertz CT molecular complexity index is 574. The number of nitrogens with one attached hydrogen (secondary N) is 1. The third-order valence-electron chi connectivity index (χ3n) is 2.21. The molecule has 7 heteroatoms. The average molecular weight is 260 g/mol. The predicted molar refractivity (Wildman–Crippen MR) is 69.4 cm³/mol. The summed E-state index contributed by atoms with van der Waals surface area (Å²) in [6.45, 7) is 2.49. The first-order chi connectivity index (χ1) is 9.19. The molecule has 1 N–H and O–H groups in total. The minimum absolute atomic E-state index is 0.0789. The topological polar surface area (TPSA) is 90.2 Å². The van der Waals surface area contributed by atoms with Gasteiger partial charge in [-0.2, -0.15) is 4.98 Å². The van der Waals surface area contributed by atoms with Crippen LogP contribution in [0.5, 0.6) is 11.6 Å². The average Bonchev–Trinajstić information content (AvgIpc) is 2.40. The van der Waals surface area contributed by atoms with E-state index >= 15 is 0 Å². The molecule has 0 amide bonds. The van der Waals surface area contributed by atoms with Crippen molar-refractivity contribution in [2.45, 2.75) is 6.92 Å². The number of ether oxygens (including phenoxy) is 1. The van der Waals surface area contributed by atoms with Gasteiger partial charge < -0.3 is 10.1 Å². The van der Waals surface area contributed by atoms with Gasteiger partial charge >= 0.3 is 0 Å². The molecular formula is C12H12N4O3. The minimum Gasteiger partial charge on any atom is -0.437 e. The monoisotopic (exact) mass is 260 g/mol. The van der Waals surface area contributed by atoms with E-state index in [1.165, 1.54) is 18.3 Å². The maximum Gasteiger partial charge on any atom is 0.278 e. The Morgan fingerprint density at radius 3 is 2.95 bits per heavy atom. The molecule has 0 fully saturated rings. The van der Waals surface area contributed by atoms with Gasteiger partial charge in [-0.15, -0.1) is 0 Å². The van der Waals surface area contributed by atoms with Crippen molar-refractivity contribution in [2.75, 3.05) is 11.9 Å². The SMILES string of the molecule is CCNc1cc([N+](=O)[O-])cc(Oc2cccnc2)n1. The lowest BCUT2D eigenvalue weighted by molar-refractivity contribution is -0.384. The van der Waals surface area contributed by atoms with Gasteiger partial charge in [-0.1, -0.05) is 0 Å². The van der Waals surface area contributed by atoms with Crippen molar-refractivity contribution < 1.29 is 9.66 Å². The number of nitro groups is 1. The molecule has 2 heterocycles. The zero-order valence-electron chi connectivity index (χ0n) is 10.2. The minimum atomic E-state index is -0.487. The Morgan fingerprint density at radius 2 is 2.32 bits per heavy atom. The lowest BCUT2D eigenvalue weighted by atomic mass is 10.4. The molecule has 2 rings (SSSR count). The normalized spacial score (nSPS) is 9.95. The third kappa shape index (κ3) is 3.38. The highest BCUT2D eigenvalue weighted by atomic mass is 16.6. The van der Waals surface area contributed by atoms with Crippen LogP contribution in [0.25, 0.3) is 0 Å². The van der Waals surface area contributed by atoms with Crippen LogP contribution in [0.15, 0.2) is 36.7 Å². The van der Waals surface area contributed by atoms with E-state index in [9.17, 15) is 10.1 Å². The lowest BCUT2D eigenvalue weighted by Crippen LogP contribution is -2.01. The van der Waals surface area contributed by atoms with Crippen LogP contribution < -0.4 is 10.1 Å². The first-order valence-corrected chi connectivity index (χ1v) is 5.67. The fourth-order valence-electron chi connectivity index (χ4n) is 1.45. The van der Waals surface area contributed by atoms with Crippen LogP contribution in [-0.4, -0.2) is 21.4 Å². The number of anilines is 1. The summed E-state index contributed by atoms with van der Waals surface area (Å²) >= 11 is 0. The maximum atomic E-state index is 10.8. The molecule has 2 aromatic rings. The molecule has 0 saturated heterocycles. The first-order valence-electron chi connectivity index (χ1n) is 5.67. The molecule has 0 aliphatic rings. The molecule has 2 aromatic heterocycles. The molecule has 0 saturated carbocycles. The molecule has 0 atom stereocenters. The molecule has 19 heavy (non-hydrogen) atoms. The molecule has 0 spiro atoms. The van der Waals surface area contributed by atoms with E-state index in [1.807, 2.05) is 6.92 Å². The smallest absolute Gasteiger partial charge is 0.278 e. The van der Waals surface area contributed by atoms with Crippen LogP contribution >= 0.6 is 0 Å². The van der Waals surface area contributed by atoms with Crippen molar-refractivity contribution in [3.63, 3.8) is 0 Å². The van der Waals surface area contributed by atoms with E-state index in [2.05, 4.69) is 15.3 Å². The second-order valence-electron chi connectivity index (χ2n) is 3.63. The number of pyridine rings is 2. The largest absolute Gasteiger partial charge is 0.437 e. The molecule has 0 aliphatic carbocycles. The summed E-state index contributed by atoms with van der Waals surface area (Å²) in [5.41, 5.74) is -0.0789. The van der Waals surface area contributed by atoms with Crippen LogP contribution in [0.4, 0.5) is 11.5 Å². The van der Waals surface area contributed by atoms with E-state index in [0.29, 0.717) is 18.1 Å². The highest BCUT2D eigenvalue weighted by Gasteiger charge is 2.12. The van der Waals surface area contributed by atoms with Gasteiger partial charge in [-0.25, -0.2) is 0 Å². The summed E-state index contributed by atoms with van der Waals surface area (Å²) in [5, 5.41) is 13.8. The van der Waals surface area contributed by atoms with Crippen molar-refractivity contribution in [2.24, 2.45) is 0 Å². The van der Waals surface area contributed by atoms with Gasteiger partial charge in [0.1, 0.15) is 11.6 Å². The molecule has 0 bridgehead atoms. The zero-order valence-corrected chi connectivity index (χ0v) is 10.2. The fraction of sp³-hybridized carbons (Fsp3) is 0.167. The van der Waals surface area contributed by atoms with Crippen LogP contribution in [0.3, 0.4) is 0 Å². The molecule has 7 nitrogen and oxygen atoms in total. The van der Waals surface area contributed by atoms with Crippen LogP contribution in [-0.2, 0) is 0 Å². The van der Waals surface area contributed by atoms with E-state index in [1.54, 1.807) is 18.3 Å². The molecule has 0 aliphatic heterocycles. The Balaban J connectivity index is 2.31. The van der Waals surface area contributed by atoms with Crippen molar-refractivity contribution >= 4 is 11.5 Å². The van der Waals surface area contributed by atoms with Gasteiger partial charge in [0.05, 0.1) is 23.3 Å². The maximum absolute atomic E-state index is 10.8. The second-order valence-corrected chi connectivity index (χ2v) is 3.63. The summed E-state index contributed by atoms with van der Waals surface area (Å²) in [7, 11) is 0. The third-order valence-corrected chi connectivity index (χ3v) is 2.21. The van der Waals surface area contributed by atoms with Crippen LogP contribution in [0.1, 0.15) is 6.92 Å². The van der Waals surface area contributed by atoms with E-state index < -0.39 is 4.92 Å². The van der Waals surface area contributed by atoms with Crippen molar-refractivity contribution in [1.82, 2.24) is 9.97 Å². The van der Waals surface area contributed by atoms with Gasteiger partial charge in [0.15, 0.2) is 0 Å². The highest BCUT2D eigenvalue weighted by Crippen LogP contribution is 2.25. The predicted octanol–water partition coefficient (Wildman–Crippen LogP) is 2.61. The first kappa shape index (κ1) is 12.7. The summed E-state index contributed by atoms with van der Waals surface area (Å²) in [4.78, 5) is 18.4. The Morgan fingerprint density at radius 1 is 1.47 bits per heavy atom. The van der Waals surface area contributed by atoms with Gasteiger partial charge in [-0.3, -0.25) is 15.1 Å². The molecule has 0 aromatic carbocycles. The van der Waals surface area contributed by atoms with Crippen molar-refractivity contribution in [3.8, 4) is 11.6 Å². The Hall–Kier alpha value is -2.70. The number of nitrogens with zero attached hydrogens (tertiary/aromatic N) is 3. The molecular weight excluding hydrogens is 248 g/mol. The Labute approximate surface area is 109 Å². The van der Waals surface area contributed by atoms with Gasteiger partial charge in [-0.05, 0) is 19.1 Å². The number of aromatic nitrogens is 2.